The van der Waals surface area contributed by atoms with Crippen molar-refractivity contribution in [3.63, 3.8) is 0 Å². The highest BCUT2D eigenvalue weighted by Crippen LogP contribution is 2.12. The molecule has 0 saturated carbocycles. The maximum atomic E-state index is 10.4. The minimum absolute atomic E-state index is 0.0347. The lowest BCUT2D eigenvalue weighted by molar-refractivity contribution is 0.0116. The minimum atomic E-state index is -4.00. The fraction of sp³-hybridized carbons (Fsp3) is 0.250. The van der Waals surface area contributed by atoms with Crippen LogP contribution in [0.2, 0.25) is 0 Å². The monoisotopic (exact) mass is 608 g/mol. The van der Waals surface area contributed by atoms with E-state index in [2.05, 4.69) is 0 Å². The van der Waals surface area contributed by atoms with Crippen molar-refractivity contribution in [2.75, 3.05) is 13.2 Å². The van der Waals surface area contributed by atoms with Gasteiger partial charge in [-0.25, -0.2) is 0 Å². The summed E-state index contributed by atoms with van der Waals surface area (Å²) in [5.41, 5.74) is -0.899. The minimum Gasteiger partial charge on any atom is -0.396 e. The van der Waals surface area contributed by atoms with Gasteiger partial charge < -0.3 is 15.3 Å². The molecule has 15 heteroatoms. The molecule has 0 radical (unpaired) electrons. The van der Waals surface area contributed by atoms with E-state index in [4.69, 9.17) is 23.9 Å². The molecule has 0 saturated heterocycles. The Morgan fingerprint density at radius 1 is 0.513 bits per heavy atom. The van der Waals surface area contributed by atoms with Crippen molar-refractivity contribution >= 4 is 30.4 Å². The van der Waals surface area contributed by atoms with Gasteiger partial charge in [-0.2, -0.15) is 25.3 Å². The second-order valence-electron chi connectivity index (χ2n) is 7.81. The fourth-order valence-electron chi connectivity index (χ4n) is 2.38. The average Bonchev–Trinajstić information content (AvgIpc) is 2.85. The molecule has 0 aliphatic carbocycles. The van der Waals surface area contributed by atoms with Crippen LogP contribution in [0.4, 0.5) is 0 Å². The van der Waals surface area contributed by atoms with E-state index >= 15 is 0 Å². The summed E-state index contributed by atoms with van der Waals surface area (Å²) in [6.45, 7) is 1.53. The number of aliphatic hydroxyl groups is 3. The summed E-state index contributed by atoms with van der Waals surface area (Å²) in [6.07, 6.45) is 0.654. The molecule has 0 aliphatic rings. The smallest absolute Gasteiger partial charge is 0.294 e. The zero-order valence-corrected chi connectivity index (χ0v) is 23.3. The van der Waals surface area contributed by atoms with Crippen LogP contribution in [0, 0.1) is 0 Å². The third-order valence-electron chi connectivity index (χ3n) is 4.42. The quantitative estimate of drug-likeness (QED) is 0.213. The Kier molecular flexibility index (Phi) is 15.9. The summed E-state index contributed by atoms with van der Waals surface area (Å²) in [4.78, 5) is -0.222. The topological polar surface area (TPSA) is 224 Å². The van der Waals surface area contributed by atoms with Crippen molar-refractivity contribution < 1.29 is 54.2 Å². The van der Waals surface area contributed by atoms with Crippen LogP contribution < -0.4 is 0 Å². The van der Waals surface area contributed by atoms with Gasteiger partial charge in [-0.05, 0) is 56.2 Å². The van der Waals surface area contributed by atoms with Gasteiger partial charge in [0.1, 0.15) is 0 Å². The molecule has 218 valence electrons. The molecule has 39 heavy (non-hydrogen) atoms. The molecule has 0 spiro atoms. The highest BCUT2D eigenvalue weighted by atomic mass is 32.2. The van der Waals surface area contributed by atoms with Gasteiger partial charge in [-0.15, -0.1) is 0 Å². The molecule has 0 atom stereocenters. The van der Waals surface area contributed by atoms with Crippen molar-refractivity contribution in [2.45, 2.75) is 40.1 Å². The molecule has 0 unspecified atom stereocenters. The van der Waals surface area contributed by atoms with Crippen LogP contribution in [-0.4, -0.2) is 73.0 Å². The zero-order chi connectivity index (χ0) is 30.2. The average molecular weight is 609 g/mol. The lowest BCUT2D eigenvalue weighted by Crippen LogP contribution is -2.26. The molecule has 0 aromatic heterocycles. The molecule has 3 aromatic rings. The van der Waals surface area contributed by atoms with E-state index in [0.717, 1.165) is 0 Å². The molecule has 6 N–H and O–H groups in total. The van der Waals surface area contributed by atoms with E-state index in [1.165, 1.54) is 36.4 Å². The summed E-state index contributed by atoms with van der Waals surface area (Å²) in [5.74, 6) is 0. The Morgan fingerprint density at radius 2 is 0.718 bits per heavy atom. The number of rotatable bonds is 7. The molecule has 0 heterocycles. The third kappa shape index (κ3) is 17.5. The summed E-state index contributed by atoms with van der Waals surface area (Å²) < 4.78 is 87.7. The van der Waals surface area contributed by atoms with E-state index in [9.17, 15) is 30.4 Å². The Labute approximate surface area is 228 Å². The van der Waals surface area contributed by atoms with E-state index < -0.39 is 36.0 Å². The van der Waals surface area contributed by atoms with Crippen molar-refractivity contribution in [3.05, 3.63) is 91.0 Å². The first-order valence-corrected chi connectivity index (χ1v) is 15.3. The van der Waals surface area contributed by atoms with Gasteiger partial charge in [0.05, 0.1) is 20.3 Å². The summed E-state index contributed by atoms with van der Waals surface area (Å²) in [7, 11) is -12.0. The third-order valence-corrected chi connectivity index (χ3v) is 7.03. The summed E-state index contributed by atoms with van der Waals surface area (Å²) in [6, 6.07) is 22.3. The predicted molar refractivity (Wildman–Crippen MR) is 143 cm³/mol. The van der Waals surface area contributed by atoms with E-state index in [1.54, 1.807) is 61.5 Å². The Balaban J connectivity index is 0.000000494. The number of aliphatic hydroxyl groups excluding tert-OH is 2. The van der Waals surface area contributed by atoms with Gasteiger partial charge in [-0.1, -0.05) is 54.6 Å². The first-order chi connectivity index (χ1) is 17.9. The highest BCUT2D eigenvalue weighted by Gasteiger charge is 2.17. The van der Waals surface area contributed by atoms with Crippen LogP contribution in [0.25, 0.3) is 0 Å². The Morgan fingerprint density at radius 3 is 0.846 bits per heavy atom. The lowest BCUT2D eigenvalue weighted by atomic mass is 10.00. The molecule has 3 rings (SSSR count). The fourth-order valence-corrected chi connectivity index (χ4v) is 3.89. The van der Waals surface area contributed by atoms with E-state index in [1.807, 2.05) is 0 Å². The second kappa shape index (κ2) is 17.1. The van der Waals surface area contributed by atoms with Crippen LogP contribution in [0.15, 0.2) is 106 Å². The molecule has 0 amide bonds. The van der Waals surface area contributed by atoms with Crippen molar-refractivity contribution in [2.24, 2.45) is 0 Å². The van der Waals surface area contributed by atoms with Crippen LogP contribution in [-0.2, 0) is 30.4 Å². The molecule has 12 nitrogen and oxygen atoms in total. The molecular formula is C24H32O12S3. The second-order valence-corrected chi connectivity index (χ2v) is 12.1. The zero-order valence-electron chi connectivity index (χ0n) is 20.8. The van der Waals surface area contributed by atoms with Crippen LogP contribution in [0.1, 0.15) is 19.8 Å². The van der Waals surface area contributed by atoms with Gasteiger partial charge in [0.15, 0.2) is 0 Å². The Hall–Kier alpha value is -2.73. The summed E-state index contributed by atoms with van der Waals surface area (Å²) in [5, 5.41) is 26.0. The molecule has 0 aliphatic heterocycles. The van der Waals surface area contributed by atoms with Gasteiger partial charge >= 0.3 is 0 Å². The maximum Gasteiger partial charge on any atom is 0.294 e. The first-order valence-electron chi connectivity index (χ1n) is 11.0. The normalized spacial score (nSPS) is 11.5. The summed E-state index contributed by atoms with van der Waals surface area (Å²) >= 11 is 0. The maximum absolute atomic E-state index is 10.4. The molecule has 0 fully saturated rings. The van der Waals surface area contributed by atoms with Gasteiger partial charge in [0.2, 0.25) is 0 Å². The number of benzene rings is 3. The Bertz CT molecular complexity index is 1220. The van der Waals surface area contributed by atoms with E-state index in [0.29, 0.717) is 12.8 Å². The predicted octanol–water partition coefficient (Wildman–Crippen LogP) is 2.30. The molecule has 3 aromatic carbocycles. The van der Waals surface area contributed by atoms with Gasteiger partial charge in [0.25, 0.3) is 30.4 Å². The molecule has 0 bridgehead atoms. The van der Waals surface area contributed by atoms with Gasteiger partial charge in [0, 0.05) is 13.2 Å². The van der Waals surface area contributed by atoms with Crippen molar-refractivity contribution in [1.29, 1.82) is 0 Å². The van der Waals surface area contributed by atoms with Crippen molar-refractivity contribution in [1.82, 2.24) is 0 Å². The highest BCUT2D eigenvalue weighted by molar-refractivity contribution is 7.86. The number of hydrogen-bond acceptors (Lipinski definition) is 9. The van der Waals surface area contributed by atoms with Crippen LogP contribution in [0.5, 0.6) is 0 Å². The SMILES string of the molecule is CC(O)(CCO)CCO.O=S(=O)(O)c1ccccc1.O=S(=O)(O)c1ccccc1.O=S(=O)(O)c1ccccc1. The number of hydrogen-bond donors (Lipinski definition) is 6. The van der Waals surface area contributed by atoms with Gasteiger partial charge in [-0.3, -0.25) is 13.7 Å². The molecular weight excluding hydrogens is 576 g/mol. The first kappa shape index (κ1) is 36.3. The largest absolute Gasteiger partial charge is 0.396 e. The van der Waals surface area contributed by atoms with Crippen LogP contribution >= 0.6 is 0 Å². The lowest BCUT2D eigenvalue weighted by Gasteiger charge is -2.20. The van der Waals surface area contributed by atoms with Crippen molar-refractivity contribution in [3.8, 4) is 0 Å². The van der Waals surface area contributed by atoms with Crippen LogP contribution in [0.3, 0.4) is 0 Å². The standard InChI is InChI=1S/3C6H6O3S.C6H14O3/c3*7-10(8,9)6-4-2-1-3-5-6;1-6(9,2-4-7)3-5-8/h3*1-5H,(H,7,8,9);7-9H,2-5H2,1H3. The van der Waals surface area contributed by atoms with E-state index in [-0.39, 0.29) is 27.9 Å².